The Balaban J connectivity index is 1.63. The molecule has 4 amide bonds. The molecule has 0 radical (unpaired) electrons. The summed E-state index contributed by atoms with van der Waals surface area (Å²) in [5, 5.41) is 5.39. The molecule has 2 fully saturated rings. The van der Waals surface area contributed by atoms with E-state index in [4.69, 9.17) is 0 Å². The van der Waals surface area contributed by atoms with Crippen molar-refractivity contribution in [2.45, 2.75) is 65.3 Å². The van der Waals surface area contributed by atoms with Crippen molar-refractivity contribution in [2.24, 2.45) is 11.3 Å². The third kappa shape index (κ3) is 4.14. The van der Waals surface area contributed by atoms with E-state index in [1.165, 1.54) is 6.07 Å². The van der Waals surface area contributed by atoms with Gasteiger partial charge in [0.2, 0.25) is 5.91 Å². The Hall–Kier alpha value is -2.44. The van der Waals surface area contributed by atoms with E-state index in [0.717, 1.165) is 24.2 Å². The number of halogens is 1. The molecule has 1 heterocycles. The minimum atomic E-state index is -0.895. The SMILES string of the molecule is CCC(C)(C)C1CCC2(CC1)NC(=O)N(CC(=O)Nc1ccc(C)c(F)c1)C2=O. The Kier molecular flexibility index (Phi) is 5.70. The summed E-state index contributed by atoms with van der Waals surface area (Å²) in [7, 11) is 0. The van der Waals surface area contributed by atoms with Crippen LogP contribution in [-0.2, 0) is 9.59 Å². The van der Waals surface area contributed by atoms with Crippen LogP contribution >= 0.6 is 0 Å². The summed E-state index contributed by atoms with van der Waals surface area (Å²) in [5.74, 6) is -0.782. The highest BCUT2D eigenvalue weighted by Gasteiger charge is 2.53. The summed E-state index contributed by atoms with van der Waals surface area (Å²) in [5.41, 5.74) is 0.0761. The number of carbonyl (C=O) groups excluding carboxylic acids is 3. The lowest BCUT2D eigenvalue weighted by atomic mass is 9.65. The maximum Gasteiger partial charge on any atom is 0.325 e. The molecular weight excluding hydrogens is 373 g/mol. The second-order valence-electron chi connectivity index (χ2n) is 9.03. The van der Waals surface area contributed by atoms with Crippen molar-refractivity contribution in [1.29, 1.82) is 0 Å². The highest BCUT2D eigenvalue weighted by atomic mass is 19.1. The van der Waals surface area contributed by atoms with Gasteiger partial charge in [0.15, 0.2) is 0 Å². The zero-order valence-corrected chi connectivity index (χ0v) is 17.6. The molecule has 6 nitrogen and oxygen atoms in total. The van der Waals surface area contributed by atoms with E-state index in [1.807, 2.05) is 0 Å². The van der Waals surface area contributed by atoms with E-state index in [2.05, 4.69) is 31.4 Å². The van der Waals surface area contributed by atoms with Gasteiger partial charge in [-0.25, -0.2) is 9.18 Å². The van der Waals surface area contributed by atoms with Crippen LogP contribution in [0.2, 0.25) is 0 Å². The van der Waals surface area contributed by atoms with Crippen LogP contribution in [0, 0.1) is 24.1 Å². The van der Waals surface area contributed by atoms with Crippen LogP contribution < -0.4 is 10.6 Å². The van der Waals surface area contributed by atoms with E-state index < -0.39 is 23.3 Å². The van der Waals surface area contributed by atoms with Gasteiger partial charge in [0.25, 0.3) is 5.91 Å². The number of aryl methyl sites for hydroxylation is 1. The van der Waals surface area contributed by atoms with Crippen molar-refractivity contribution in [3.8, 4) is 0 Å². The fourth-order valence-electron chi connectivity index (χ4n) is 4.35. The zero-order valence-electron chi connectivity index (χ0n) is 17.6. The second kappa shape index (κ2) is 7.76. The van der Waals surface area contributed by atoms with Gasteiger partial charge < -0.3 is 10.6 Å². The van der Waals surface area contributed by atoms with Crippen LogP contribution in [-0.4, -0.2) is 34.8 Å². The molecule has 0 atom stereocenters. The predicted octanol–water partition coefficient (Wildman–Crippen LogP) is 3.99. The van der Waals surface area contributed by atoms with Crippen LogP contribution in [0.1, 0.15) is 58.4 Å². The lowest BCUT2D eigenvalue weighted by Gasteiger charge is -2.42. The summed E-state index contributed by atoms with van der Waals surface area (Å²) < 4.78 is 13.7. The second-order valence-corrected chi connectivity index (χ2v) is 9.03. The number of benzene rings is 1. The standard InChI is InChI=1S/C22H30FN3O3/c1-5-21(3,4)15-8-10-22(11-9-15)19(28)26(20(29)25-22)13-18(27)24-16-7-6-14(2)17(23)12-16/h6-7,12,15H,5,8-11,13H2,1-4H3,(H,24,27)(H,25,29). The van der Waals surface area contributed by atoms with Gasteiger partial charge in [-0.2, -0.15) is 0 Å². The first kappa shape index (κ1) is 21.3. The molecule has 1 aliphatic carbocycles. The molecule has 29 heavy (non-hydrogen) atoms. The van der Waals surface area contributed by atoms with E-state index in [0.29, 0.717) is 30.0 Å². The summed E-state index contributed by atoms with van der Waals surface area (Å²) in [6.07, 6.45) is 3.99. The van der Waals surface area contributed by atoms with Crippen LogP contribution in [0.15, 0.2) is 18.2 Å². The number of hydrogen-bond donors (Lipinski definition) is 2. The molecule has 0 unspecified atom stereocenters. The number of urea groups is 1. The number of amides is 4. The van der Waals surface area contributed by atoms with Crippen LogP contribution in [0.25, 0.3) is 0 Å². The quantitative estimate of drug-likeness (QED) is 0.730. The highest BCUT2D eigenvalue weighted by molar-refractivity contribution is 6.10. The summed E-state index contributed by atoms with van der Waals surface area (Å²) in [4.78, 5) is 38.8. The number of imide groups is 1. The molecule has 1 aliphatic heterocycles. The van der Waals surface area contributed by atoms with Crippen molar-refractivity contribution < 1.29 is 18.8 Å². The first-order valence-electron chi connectivity index (χ1n) is 10.3. The number of nitrogens with zero attached hydrogens (tertiary/aromatic N) is 1. The molecule has 0 aromatic heterocycles. The monoisotopic (exact) mass is 403 g/mol. The van der Waals surface area contributed by atoms with Gasteiger partial charge in [-0.15, -0.1) is 0 Å². The molecule has 158 valence electrons. The Morgan fingerprint density at radius 2 is 1.97 bits per heavy atom. The summed E-state index contributed by atoms with van der Waals surface area (Å²) in [6, 6.07) is 3.83. The maximum absolute atomic E-state index is 13.7. The third-order valence-electron chi connectivity index (χ3n) is 6.86. The van der Waals surface area contributed by atoms with Gasteiger partial charge in [-0.05, 0) is 61.6 Å². The fourth-order valence-corrected chi connectivity index (χ4v) is 4.35. The van der Waals surface area contributed by atoms with Gasteiger partial charge in [-0.1, -0.05) is 33.3 Å². The number of rotatable bonds is 5. The van der Waals surface area contributed by atoms with E-state index in [9.17, 15) is 18.8 Å². The van der Waals surface area contributed by atoms with Crippen molar-refractivity contribution in [2.75, 3.05) is 11.9 Å². The van der Waals surface area contributed by atoms with Crippen molar-refractivity contribution in [3.63, 3.8) is 0 Å². The molecule has 2 aliphatic rings. The lowest BCUT2D eigenvalue weighted by Crippen LogP contribution is -2.51. The number of hydrogen-bond acceptors (Lipinski definition) is 3. The molecule has 1 spiro atoms. The van der Waals surface area contributed by atoms with Gasteiger partial charge in [-0.3, -0.25) is 14.5 Å². The number of nitrogens with one attached hydrogen (secondary N) is 2. The van der Waals surface area contributed by atoms with Crippen LogP contribution in [0.4, 0.5) is 14.9 Å². The molecule has 0 bridgehead atoms. The van der Waals surface area contributed by atoms with Gasteiger partial charge in [0, 0.05) is 5.69 Å². The van der Waals surface area contributed by atoms with Gasteiger partial charge in [0.1, 0.15) is 17.9 Å². The predicted molar refractivity (Wildman–Crippen MR) is 109 cm³/mol. The number of anilines is 1. The molecular formula is C22H30FN3O3. The minimum Gasteiger partial charge on any atom is -0.324 e. The smallest absolute Gasteiger partial charge is 0.324 e. The first-order chi connectivity index (χ1) is 13.6. The summed E-state index contributed by atoms with van der Waals surface area (Å²) >= 11 is 0. The van der Waals surface area contributed by atoms with Crippen LogP contribution in [0.5, 0.6) is 0 Å². The summed E-state index contributed by atoms with van der Waals surface area (Å²) in [6.45, 7) is 7.91. The van der Waals surface area contributed by atoms with Gasteiger partial charge >= 0.3 is 6.03 Å². The van der Waals surface area contributed by atoms with Gasteiger partial charge in [0.05, 0.1) is 0 Å². The molecule has 3 rings (SSSR count). The zero-order chi connectivity index (χ0) is 21.4. The average molecular weight is 403 g/mol. The Labute approximate surface area is 171 Å². The third-order valence-corrected chi connectivity index (χ3v) is 6.86. The van der Waals surface area contributed by atoms with Crippen LogP contribution in [0.3, 0.4) is 0 Å². The van der Waals surface area contributed by atoms with E-state index in [-0.39, 0.29) is 17.9 Å². The largest absolute Gasteiger partial charge is 0.325 e. The Morgan fingerprint density at radius 1 is 1.31 bits per heavy atom. The van der Waals surface area contributed by atoms with E-state index in [1.54, 1.807) is 19.1 Å². The fraction of sp³-hybridized carbons (Fsp3) is 0.591. The molecule has 1 saturated carbocycles. The number of carbonyl (C=O) groups is 3. The average Bonchev–Trinajstić information content (AvgIpc) is 2.89. The Bertz CT molecular complexity index is 829. The molecule has 1 saturated heterocycles. The molecule has 1 aromatic rings. The minimum absolute atomic E-state index is 0.205. The molecule has 7 heteroatoms. The first-order valence-corrected chi connectivity index (χ1v) is 10.3. The van der Waals surface area contributed by atoms with Crippen molar-refractivity contribution >= 4 is 23.5 Å². The maximum atomic E-state index is 13.7. The van der Waals surface area contributed by atoms with Crippen molar-refractivity contribution in [1.82, 2.24) is 10.2 Å². The Morgan fingerprint density at radius 3 is 2.55 bits per heavy atom. The highest BCUT2D eigenvalue weighted by Crippen LogP contribution is 2.45. The lowest BCUT2D eigenvalue weighted by molar-refractivity contribution is -0.135. The van der Waals surface area contributed by atoms with E-state index >= 15 is 0 Å². The van der Waals surface area contributed by atoms with Crippen molar-refractivity contribution in [3.05, 3.63) is 29.6 Å². The normalized spacial score (nSPS) is 24.7. The molecule has 2 N–H and O–H groups in total. The molecule has 1 aromatic carbocycles. The topological polar surface area (TPSA) is 78.5 Å².